The fraction of sp³-hybridized carbons (Fsp3) is 0.143. The molecule has 0 unspecified atom stereocenters. The summed E-state index contributed by atoms with van der Waals surface area (Å²) < 4.78 is 0.783. The number of phenolic OH excluding ortho intramolecular Hbond substituents is 1. The highest BCUT2D eigenvalue weighted by Crippen LogP contribution is 2.19. The fourth-order valence-corrected chi connectivity index (χ4v) is 0.858. The number of aromatic hydroxyl groups is 1. The summed E-state index contributed by atoms with van der Waals surface area (Å²) in [5.74, 6) is 0.306. The van der Waals surface area contributed by atoms with Crippen LogP contribution in [0.15, 0.2) is 16.6 Å². The van der Waals surface area contributed by atoms with Crippen molar-refractivity contribution in [3.63, 3.8) is 0 Å². The smallest absolute Gasteiger partial charge is 0.119 e. The molecule has 1 radical (unpaired) electrons. The summed E-state index contributed by atoms with van der Waals surface area (Å²) in [6, 6.07) is 6.25. The van der Waals surface area contributed by atoms with Crippen LogP contribution in [0.1, 0.15) is 5.56 Å². The summed E-state index contributed by atoms with van der Waals surface area (Å²) in [5.41, 5.74) is 0.846. The fourth-order valence-electron chi connectivity index (χ4n) is 0.527. The predicted molar refractivity (Wildman–Crippen MR) is 39.4 cm³/mol. The van der Waals surface area contributed by atoms with Gasteiger partial charge in [-0.05, 0) is 30.7 Å². The van der Waals surface area contributed by atoms with Crippen LogP contribution in [0.4, 0.5) is 0 Å². The molecule has 1 N–H and O–H groups in total. The molecule has 0 aliphatic rings. The summed E-state index contributed by atoms with van der Waals surface area (Å²) in [5, 5.41) is 9.05. The zero-order chi connectivity index (χ0) is 6.85. The second-order valence-electron chi connectivity index (χ2n) is 1.85. The Morgan fingerprint density at radius 3 is 2.78 bits per heavy atom. The molecule has 0 spiro atoms. The van der Waals surface area contributed by atoms with Crippen LogP contribution in [0.3, 0.4) is 0 Å². The molecular weight excluding hydrogens is 180 g/mol. The summed E-state index contributed by atoms with van der Waals surface area (Å²) in [6.45, 7) is 1.83. The molecule has 0 saturated heterocycles. The number of halogens is 1. The Morgan fingerprint density at radius 1 is 1.67 bits per heavy atom. The first kappa shape index (κ1) is 6.62. The summed E-state index contributed by atoms with van der Waals surface area (Å²) in [7, 11) is 0. The number of phenols is 1. The maximum absolute atomic E-state index is 9.05. The molecule has 47 valence electrons. The number of aryl methyl sites for hydroxylation is 1. The van der Waals surface area contributed by atoms with Gasteiger partial charge in [0.2, 0.25) is 0 Å². The van der Waals surface area contributed by atoms with Crippen molar-refractivity contribution in [1.29, 1.82) is 0 Å². The van der Waals surface area contributed by atoms with Crippen molar-refractivity contribution in [2.24, 2.45) is 0 Å². The van der Waals surface area contributed by atoms with Gasteiger partial charge in [-0.3, -0.25) is 0 Å². The van der Waals surface area contributed by atoms with Gasteiger partial charge in [0, 0.05) is 4.47 Å². The Hall–Kier alpha value is -0.500. The first-order valence-corrected chi connectivity index (χ1v) is 3.36. The average Bonchev–Trinajstić information content (AvgIpc) is 1.80. The van der Waals surface area contributed by atoms with Gasteiger partial charge in [-0.2, -0.15) is 0 Å². The van der Waals surface area contributed by atoms with Crippen LogP contribution in [0.5, 0.6) is 5.75 Å². The molecule has 0 atom stereocenters. The van der Waals surface area contributed by atoms with E-state index in [0.29, 0.717) is 5.75 Å². The third-order valence-electron chi connectivity index (χ3n) is 1.09. The molecule has 0 heterocycles. The predicted octanol–water partition coefficient (Wildman–Crippen LogP) is 2.26. The highest BCUT2D eigenvalue weighted by molar-refractivity contribution is 9.10. The zero-order valence-electron chi connectivity index (χ0n) is 4.98. The third-order valence-corrected chi connectivity index (χ3v) is 1.55. The number of hydrogen-bond acceptors (Lipinski definition) is 1. The van der Waals surface area contributed by atoms with Gasteiger partial charge >= 0.3 is 0 Å². The van der Waals surface area contributed by atoms with E-state index in [9.17, 15) is 0 Å². The van der Waals surface area contributed by atoms with Gasteiger partial charge < -0.3 is 5.11 Å². The number of hydrogen-bond donors (Lipinski definition) is 1. The molecule has 0 aliphatic heterocycles. The molecule has 0 aliphatic carbocycles. The van der Waals surface area contributed by atoms with Crippen molar-refractivity contribution in [2.75, 3.05) is 0 Å². The molecule has 1 aromatic rings. The first-order valence-electron chi connectivity index (χ1n) is 2.57. The van der Waals surface area contributed by atoms with Crippen molar-refractivity contribution in [1.82, 2.24) is 0 Å². The topological polar surface area (TPSA) is 20.2 Å². The van der Waals surface area contributed by atoms with Crippen LogP contribution in [0.25, 0.3) is 0 Å². The quantitative estimate of drug-likeness (QED) is 0.658. The second-order valence-corrected chi connectivity index (χ2v) is 2.70. The maximum Gasteiger partial charge on any atom is 0.119 e. The van der Waals surface area contributed by atoms with E-state index in [1.165, 1.54) is 0 Å². The van der Waals surface area contributed by atoms with Crippen LogP contribution in [-0.4, -0.2) is 5.11 Å². The lowest BCUT2D eigenvalue weighted by molar-refractivity contribution is 0.470. The molecule has 0 amide bonds. The van der Waals surface area contributed by atoms with E-state index in [2.05, 4.69) is 22.0 Å². The van der Waals surface area contributed by atoms with Crippen molar-refractivity contribution < 1.29 is 5.11 Å². The normalized spacial score (nSPS) is 9.56. The molecule has 0 bridgehead atoms. The van der Waals surface area contributed by atoms with Crippen molar-refractivity contribution >= 4 is 15.9 Å². The number of rotatable bonds is 0. The average molecular weight is 186 g/mol. The van der Waals surface area contributed by atoms with E-state index in [4.69, 9.17) is 5.11 Å². The lowest BCUT2D eigenvalue weighted by Gasteiger charge is -1.95. The SMILES string of the molecule is Cc1c[c]c(Br)cc1O. The molecule has 1 aromatic carbocycles. The molecule has 1 nitrogen and oxygen atoms in total. The van der Waals surface area contributed by atoms with E-state index in [1.807, 2.05) is 6.92 Å². The zero-order valence-corrected chi connectivity index (χ0v) is 6.57. The van der Waals surface area contributed by atoms with Crippen LogP contribution < -0.4 is 0 Å². The Balaban J connectivity index is 3.17. The molecule has 0 fully saturated rings. The Morgan fingerprint density at radius 2 is 2.33 bits per heavy atom. The molecule has 0 saturated carbocycles. The van der Waals surface area contributed by atoms with Crippen LogP contribution in [0, 0.1) is 13.0 Å². The Bertz CT molecular complexity index is 220. The van der Waals surface area contributed by atoms with Gasteiger partial charge in [-0.15, -0.1) is 0 Å². The minimum Gasteiger partial charge on any atom is -0.508 e. The Kier molecular flexibility index (Phi) is 1.76. The second kappa shape index (κ2) is 2.40. The van der Waals surface area contributed by atoms with E-state index in [0.717, 1.165) is 10.0 Å². The molecular formula is C7H6BrO. The maximum atomic E-state index is 9.05. The van der Waals surface area contributed by atoms with Crippen LogP contribution in [-0.2, 0) is 0 Å². The van der Waals surface area contributed by atoms with Crippen LogP contribution >= 0.6 is 15.9 Å². The van der Waals surface area contributed by atoms with Crippen molar-refractivity contribution in [3.8, 4) is 5.75 Å². The largest absolute Gasteiger partial charge is 0.508 e. The standard InChI is InChI=1S/C7H6BrO/c1-5-2-3-6(8)4-7(5)9/h2,4,9H,1H3. The lowest BCUT2D eigenvalue weighted by atomic mass is 10.2. The van der Waals surface area contributed by atoms with E-state index < -0.39 is 0 Å². The minimum atomic E-state index is 0.306. The molecule has 9 heavy (non-hydrogen) atoms. The molecule has 1 rings (SSSR count). The molecule has 2 heteroatoms. The van der Waals surface area contributed by atoms with Crippen molar-refractivity contribution in [3.05, 3.63) is 28.2 Å². The Labute approximate surface area is 62.5 Å². The molecule has 0 aromatic heterocycles. The summed E-state index contributed by atoms with van der Waals surface area (Å²) in [4.78, 5) is 0. The lowest BCUT2D eigenvalue weighted by Crippen LogP contribution is -1.72. The van der Waals surface area contributed by atoms with Gasteiger partial charge in [-0.1, -0.05) is 15.9 Å². The van der Waals surface area contributed by atoms with E-state index >= 15 is 0 Å². The van der Waals surface area contributed by atoms with Crippen LogP contribution in [0.2, 0.25) is 0 Å². The van der Waals surface area contributed by atoms with E-state index in [-0.39, 0.29) is 0 Å². The van der Waals surface area contributed by atoms with Gasteiger partial charge in [0.1, 0.15) is 5.75 Å². The van der Waals surface area contributed by atoms with Gasteiger partial charge in [0.15, 0.2) is 0 Å². The monoisotopic (exact) mass is 185 g/mol. The van der Waals surface area contributed by atoms with Gasteiger partial charge in [-0.25, -0.2) is 0 Å². The first-order chi connectivity index (χ1) is 4.20. The number of benzene rings is 1. The summed E-state index contributed by atoms with van der Waals surface area (Å²) >= 11 is 3.18. The highest BCUT2D eigenvalue weighted by atomic mass is 79.9. The summed E-state index contributed by atoms with van der Waals surface area (Å²) in [6.07, 6.45) is 0. The minimum absolute atomic E-state index is 0.306. The van der Waals surface area contributed by atoms with Crippen molar-refractivity contribution in [2.45, 2.75) is 6.92 Å². The highest BCUT2D eigenvalue weighted by Gasteiger charge is 1.93. The third kappa shape index (κ3) is 1.45. The van der Waals surface area contributed by atoms with E-state index in [1.54, 1.807) is 12.1 Å². The van der Waals surface area contributed by atoms with Gasteiger partial charge in [0.25, 0.3) is 0 Å². The van der Waals surface area contributed by atoms with Gasteiger partial charge in [0.05, 0.1) is 0 Å².